The fourth-order valence-corrected chi connectivity index (χ4v) is 3.59. The number of fused-ring (bicyclic) bond motifs is 1. The summed E-state index contributed by atoms with van der Waals surface area (Å²) in [5, 5.41) is 3.23. The first-order valence-corrected chi connectivity index (χ1v) is 8.18. The molecule has 1 atom stereocenters. The topological polar surface area (TPSA) is 38.3 Å². The minimum Gasteiger partial charge on any atom is -0.487 e. The van der Waals surface area contributed by atoms with Crippen molar-refractivity contribution in [3.05, 3.63) is 29.8 Å². The van der Waals surface area contributed by atoms with Gasteiger partial charge in [0, 0.05) is 17.9 Å². The summed E-state index contributed by atoms with van der Waals surface area (Å²) in [6.45, 7) is 3.88. The van der Waals surface area contributed by atoms with Crippen LogP contribution in [0.25, 0.3) is 0 Å². The molecule has 1 aromatic rings. The van der Waals surface area contributed by atoms with E-state index in [9.17, 15) is 4.79 Å². The summed E-state index contributed by atoms with van der Waals surface area (Å²) in [5.74, 6) is 1.10. The van der Waals surface area contributed by atoms with Gasteiger partial charge in [0.1, 0.15) is 11.4 Å². The number of benzene rings is 1. The molecule has 1 aliphatic heterocycles. The molecule has 1 aliphatic carbocycles. The van der Waals surface area contributed by atoms with Crippen molar-refractivity contribution in [2.45, 2.75) is 64.0 Å². The average molecular weight is 287 g/mol. The van der Waals surface area contributed by atoms with Gasteiger partial charge in [-0.05, 0) is 31.7 Å². The zero-order chi connectivity index (χ0) is 14.9. The molecule has 3 heteroatoms. The van der Waals surface area contributed by atoms with Gasteiger partial charge in [-0.25, -0.2) is 0 Å². The second-order valence-corrected chi connectivity index (χ2v) is 6.80. The summed E-state index contributed by atoms with van der Waals surface area (Å²) < 4.78 is 6.38. The van der Waals surface area contributed by atoms with Gasteiger partial charge in [0.25, 0.3) is 0 Å². The lowest BCUT2D eigenvalue weighted by Gasteiger charge is -2.44. The van der Waals surface area contributed by atoms with Gasteiger partial charge in [0.2, 0.25) is 5.91 Å². The van der Waals surface area contributed by atoms with Gasteiger partial charge < -0.3 is 10.1 Å². The Morgan fingerprint density at radius 2 is 1.95 bits per heavy atom. The Balaban J connectivity index is 1.88. The molecule has 3 nitrogen and oxygen atoms in total. The molecule has 1 fully saturated rings. The molecule has 3 rings (SSSR count). The van der Waals surface area contributed by atoms with Crippen LogP contribution in [0, 0.1) is 5.92 Å². The van der Waals surface area contributed by atoms with Gasteiger partial charge in [0.15, 0.2) is 0 Å². The highest BCUT2D eigenvalue weighted by atomic mass is 16.5. The molecule has 0 bridgehead atoms. The number of para-hydroxylation sites is 1. The molecule has 1 saturated carbocycles. The van der Waals surface area contributed by atoms with Crippen LogP contribution < -0.4 is 10.1 Å². The zero-order valence-electron chi connectivity index (χ0n) is 13.0. The molecule has 0 aromatic heterocycles. The Labute approximate surface area is 127 Å². The second-order valence-electron chi connectivity index (χ2n) is 6.80. The molecule has 1 spiro atoms. The molecule has 21 heavy (non-hydrogen) atoms. The van der Waals surface area contributed by atoms with Crippen molar-refractivity contribution in [1.29, 1.82) is 0 Å². The maximum absolute atomic E-state index is 12.1. The third kappa shape index (κ3) is 2.92. The van der Waals surface area contributed by atoms with Crippen LogP contribution in [0.1, 0.15) is 64.0 Å². The largest absolute Gasteiger partial charge is 0.487 e. The molecule has 0 unspecified atom stereocenters. The van der Waals surface area contributed by atoms with Gasteiger partial charge >= 0.3 is 0 Å². The monoisotopic (exact) mass is 287 g/mol. The summed E-state index contributed by atoms with van der Waals surface area (Å²) in [7, 11) is 0. The van der Waals surface area contributed by atoms with E-state index >= 15 is 0 Å². The van der Waals surface area contributed by atoms with Gasteiger partial charge in [-0.15, -0.1) is 0 Å². The van der Waals surface area contributed by atoms with E-state index in [2.05, 4.69) is 11.4 Å². The van der Waals surface area contributed by atoms with E-state index < -0.39 is 0 Å². The normalized spacial score (nSPS) is 23.5. The summed E-state index contributed by atoms with van der Waals surface area (Å²) in [6.07, 6.45) is 6.88. The molecule has 1 aromatic carbocycles. The number of hydrogen-bond acceptors (Lipinski definition) is 2. The van der Waals surface area contributed by atoms with Gasteiger partial charge in [-0.2, -0.15) is 0 Å². The molecular weight excluding hydrogens is 262 g/mol. The van der Waals surface area contributed by atoms with Crippen molar-refractivity contribution >= 4 is 5.91 Å². The van der Waals surface area contributed by atoms with Crippen LogP contribution in [-0.4, -0.2) is 11.5 Å². The Hall–Kier alpha value is -1.51. The van der Waals surface area contributed by atoms with E-state index in [1.165, 1.54) is 19.3 Å². The zero-order valence-corrected chi connectivity index (χ0v) is 13.0. The molecule has 1 N–H and O–H groups in total. The van der Waals surface area contributed by atoms with Crippen LogP contribution in [0.2, 0.25) is 0 Å². The minimum absolute atomic E-state index is 0.0160. The first-order chi connectivity index (χ1) is 10.1. The summed E-state index contributed by atoms with van der Waals surface area (Å²) in [5.41, 5.74) is 1.06. The van der Waals surface area contributed by atoms with E-state index in [4.69, 9.17) is 4.74 Å². The third-order valence-corrected chi connectivity index (χ3v) is 4.80. The summed E-state index contributed by atoms with van der Waals surface area (Å²) >= 11 is 0. The van der Waals surface area contributed by atoms with Crippen LogP contribution in [0.4, 0.5) is 0 Å². The highest BCUT2D eigenvalue weighted by Crippen LogP contribution is 2.46. The molecule has 1 amide bonds. The number of amides is 1. The number of hydrogen-bond donors (Lipinski definition) is 1. The van der Waals surface area contributed by atoms with E-state index in [0.29, 0.717) is 0 Å². The molecule has 2 aliphatic rings. The second kappa shape index (κ2) is 5.70. The molecule has 114 valence electrons. The molecule has 0 radical (unpaired) electrons. The first kappa shape index (κ1) is 14.4. The van der Waals surface area contributed by atoms with E-state index in [0.717, 1.165) is 30.6 Å². The highest BCUT2D eigenvalue weighted by molar-refractivity contribution is 5.78. The highest BCUT2D eigenvalue weighted by Gasteiger charge is 2.42. The van der Waals surface area contributed by atoms with Gasteiger partial charge in [-0.3, -0.25) is 4.79 Å². The van der Waals surface area contributed by atoms with E-state index in [1.807, 2.05) is 32.0 Å². The number of nitrogens with one attached hydrogen (secondary N) is 1. The third-order valence-electron chi connectivity index (χ3n) is 4.80. The number of ether oxygens (including phenoxy) is 1. The van der Waals surface area contributed by atoms with Crippen LogP contribution >= 0.6 is 0 Å². The predicted molar refractivity (Wildman–Crippen MR) is 83.2 cm³/mol. The van der Waals surface area contributed by atoms with E-state index in [-0.39, 0.29) is 23.5 Å². The van der Waals surface area contributed by atoms with Crippen molar-refractivity contribution in [3.63, 3.8) is 0 Å². The standard InChI is InChI=1S/C18H25NO2/c1-13(2)17(20)19-15-12-18(10-6-3-7-11-18)21-16-9-5-4-8-14(15)16/h4-5,8-9,13,15H,3,6-7,10-12H2,1-2H3,(H,19,20)/t15-/m0/s1. The smallest absolute Gasteiger partial charge is 0.223 e. The molecule has 0 saturated heterocycles. The SMILES string of the molecule is CC(C)C(=O)N[C@H]1CC2(CCCCC2)Oc2ccccc21. The Morgan fingerprint density at radius 1 is 1.24 bits per heavy atom. The Bertz CT molecular complexity index is 518. The van der Waals surface area contributed by atoms with Crippen molar-refractivity contribution in [2.24, 2.45) is 5.92 Å². The number of rotatable bonds is 2. The summed E-state index contributed by atoms with van der Waals surface area (Å²) in [4.78, 5) is 12.1. The maximum atomic E-state index is 12.1. The van der Waals surface area contributed by atoms with Crippen molar-refractivity contribution < 1.29 is 9.53 Å². The lowest BCUT2D eigenvalue weighted by atomic mass is 9.77. The molecular formula is C18H25NO2. The number of carbonyl (C=O) groups excluding carboxylic acids is 1. The number of carbonyl (C=O) groups is 1. The van der Waals surface area contributed by atoms with Crippen LogP contribution in [0.15, 0.2) is 24.3 Å². The molecule has 1 heterocycles. The Kier molecular flexibility index (Phi) is 3.92. The lowest BCUT2D eigenvalue weighted by Crippen LogP contribution is -2.47. The van der Waals surface area contributed by atoms with Crippen molar-refractivity contribution in [3.8, 4) is 5.75 Å². The average Bonchev–Trinajstić information content (AvgIpc) is 2.47. The fourth-order valence-electron chi connectivity index (χ4n) is 3.59. The van der Waals surface area contributed by atoms with Gasteiger partial charge in [-0.1, -0.05) is 38.5 Å². The van der Waals surface area contributed by atoms with Crippen LogP contribution in [-0.2, 0) is 4.79 Å². The maximum Gasteiger partial charge on any atom is 0.223 e. The van der Waals surface area contributed by atoms with Crippen LogP contribution in [0.3, 0.4) is 0 Å². The minimum atomic E-state index is -0.0679. The van der Waals surface area contributed by atoms with Crippen molar-refractivity contribution in [2.75, 3.05) is 0 Å². The van der Waals surface area contributed by atoms with E-state index in [1.54, 1.807) is 0 Å². The fraction of sp³-hybridized carbons (Fsp3) is 0.611. The first-order valence-electron chi connectivity index (χ1n) is 8.18. The predicted octanol–water partition coefficient (Wildman–Crippen LogP) is 3.99. The lowest BCUT2D eigenvalue weighted by molar-refractivity contribution is -0.125. The van der Waals surface area contributed by atoms with Gasteiger partial charge in [0.05, 0.1) is 6.04 Å². The quantitative estimate of drug-likeness (QED) is 0.893. The summed E-state index contributed by atoms with van der Waals surface area (Å²) in [6, 6.07) is 8.25. The Morgan fingerprint density at radius 3 is 2.67 bits per heavy atom. The van der Waals surface area contributed by atoms with Crippen molar-refractivity contribution in [1.82, 2.24) is 5.32 Å². The van der Waals surface area contributed by atoms with Crippen LogP contribution in [0.5, 0.6) is 5.75 Å².